The number of carbonyl (C=O) groups is 2. The average molecular weight is 667 g/mol. The SMILES string of the molecule is CN1CCC[C@H]1C(=O)OC1CCN(C(=O)C2CCC(Nc3nccc(-n4ccc5c(OCCCS(C)(=O)=O)cccc54)n3)CC2)CC1. The van der Waals surface area contributed by atoms with E-state index in [0.717, 1.165) is 61.8 Å². The molecule has 1 atom stereocenters. The first-order chi connectivity index (χ1) is 22.6. The fraction of sp³-hybridized carbons (Fsp3) is 0.588. The maximum absolute atomic E-state index is 13.4. The van der Waals surface area contributed by atoms with Gasteiger partial charge in [0.1, 0.15) is 33.6 Å². The van der Waals surface area contributed by atoms with E-state index in [-0.39, 0.29) is 41.7 Å². The number of rotatable bonds is 11. The van der Waals surface area contributed by atoms with Crippen molar-refractivity contribution >= 4 is 38.6 Å². The maximum Gasteiger partial charge on any atom is 0.323 e. The molecule has 4 heterocycles. The molecule has 0 spiro atoms. The van der Waals surface area contributed by atoms with Crippen molar-refractivity contribution in [3.8, 4) is 11.6 Å². The number of carbonyl (C=O) groups excluding carboxylic acids is 2. The number of sulfone groups is 1. The third kappa shape index (κ3) is 8.24. The number of ether oxygens (including phenoxy) is 2. The van der Waals surface area contributed by atoms with Gasteiger partial charge in [-0.25, -0.2) is 13.4 Å². The minimum atomic E-state index is -3.02. The molecule has 1 saturated carbocycles. The first-order valence-electron chi connectivity index (χ1n) is 16.8. The van der Waals surface area contributed by atoms with Crippen molar-refractivity contribution in [2.45, 2.75) is 76.0 Å². The van der Waals surface area contributed by atoms with Crippen LogP contribution in [-0.2, 0) is 24.2 Å². The first-order valence-corrected chi connectivity index (χ1v) is 18.9. The van der Waals surface area contributed by atoms with Crippen LogP contribution in [0.2, 0.25) is 0 Å². The predicted octanol–water partition coefficient (Wildman–Crippen LogP) is 3.83. The number of esters is 1. The third-order valence-electron chi connectivity index (χ3n) is 9.74. The Morgan fingerprint density at radius 2 is 1.79 bits per heavy atom. The van der Waals surface area contributed by atoms with Crippen LogP contribution in [0.25, 0.3) is 16.7 Å². The zero-order chi connectivity index (χ0) is 33.0. The lowest BCUT2D eigenvalue weighted by molar-refractivity contribution is -0.157. The Hall–Kier alpha value is -3.71. The number of hydrogen-bond donors (Lipinski definition) is 1. The normalized spacial score (nSPS) is 22.8. The van der Waals surface area contributed by atoms with E-state index in [2.05, 4.69) is 15.2 Å². The monoisotopic (exact) mass is 666 g/mol. The zero-order valence-corrected chi connectivity index (χ0v) is 28.2. The van der Waals surface area contributed by atoms with E-state index in [4.69, 9.17) is 14.5 Å². The minimum Gasteiger partial charge on any atom is -0.493 e. The molecular weight excluding hydrogens is 620 g/mol. The van der Waals surface area contributed by atoms with Crippen molar-refractivity contribution in [1.29, 1.82) is 0 Å². The molecule has 12 nitrogen and oxygen atoms in total. The highest BCUT2D eigenvalue weighted by Gasteiger charge is 2.35. The molecule has 0 bridgehead atoms. The van der Waals surface area contributed by atoms with Crippen molar-refractivity contribution in [3.63, 3.8) is 0 Å². The lowest BCUT2D eigenvalue weighted by atomic mass is 9.85. The summed E-state index contributed by atoms with van der Waals surface area (Å²) in [5.41, 5.74) is 0.929. The summed E-state index contributed by atoms with van der Waals surface area (Å²) >= 11 is 0. The Morgan fingerprint density at radius 1 is 1.00 bits per heavy atom. The summed E-state index contributed by atoms with van der Waals surface area (Å²) in [6.07, 6.45) is 11.9. The molecule has 1 amide bonds. The minimum absolute atomic E-state index is 0.0144. The van der Waals surface area contributed by atoms with Crippen molar-refractivity contribution in [3.05, 3.63) is 42.7 Å². The number of amides is 1. The number of nitrogens with one attached hydrogen (secondary N) is 1. The molecule has 3 aliphatic rings. The van der Waals surface area contributed by atoms with Gasteiger partial charge in [-0.2, -0.15) is 4.98 Å². The molecule has 47 heavy (non-hydrogen) atoms. The molecule has 1 aromatic carbocycles. The summed E-state index contributed by atoms with van der Waals surface area (Å²) in [5, 5.41) is 4.41. The summed E-state index contributed by atoms with van der Waals surface area (Å²) < 4.78 is 36.6. The molecule has 0 radical (unpaired) electrons. The summed E-state index contributed by atoms with van der Waals surface area (Å²) in [6.45, 7) is 2.54. The van der Waals surface area contributed by atoms with Crippen LogP contribution in [0.15, 0.2) is 42.7 Å². The number of piperidine rings is 1. The van der Waals surface area contributed by atoms with Gasteiger partial charge in [0.2, 0.25) is 11.9 Å². The lowest BCUT2D eigenvalue weighted by Gasteiger charge is -2.36. The second kappa shape index (κ2) is 14.6. The van der Waals surface area contributed by atoms with Crippen LogP contribution in [0.4, 0.5) is 5.95 Å². The van der Waals surface area contributed by atoms with E-state index >= 15 is 0 Å². The van der Waals surface area contributed by atoms with Crippen molar-refractivity contribution in [1.82, 2.24) is 24.3 Å². The van der Waals surface area contributed by atoms with Gasteiger partial charge < -0.3 is 24.3 Å². The standard InChI is InChI=1S/C34H46N6O6S/c1-38-18-4-7-29(38)33(42)46-26-14-19-39(20-15-26)32(41)24-9-11-25(12-10-24)36-34-35-17-13-31(37-34)40-21-16-27-28(40)6-3-8-30(27)45-22-5-23-47(2,43)44/h3,6,8,13,16-17,21,24-26,29H,4-5,7,9-12,14-15,18-20,22-23H2,1-2H3,(H,35,36,37)/t24?,25?,29-/m0/s1. The van der Waals surface area contributed by atoms with Gasteiger partial charge in [-0.15, -0.1) is 0 Å². The fourth-order valence-electron chi connectivity index (χ4n) is 7.09. The van der Waals surface area contributed by atoms with E-state index in [1.807, 2.05) is 53.0 Å². The Balaban J connectivity index is 0.981. The molecule has 1 aliphatic carbocycles. The van der Waals surface area contributed by atoms with Crippen molar-refractivity contribution < 1.29 is 27.5 Å². The fourth-order valence-corrected chi connectivity index (χ4v) is 7.73. The highest BCUT2D eigenvalue weighted by Crippen LogP contribution is 2.31. The van der Waals surface area contributed by atoms with E-state index in [9.17, 15) is 18.0 Å². The Bertz CT molecular complexity index is 1660. The topological polar surface area (TPSA) is 136 Å². The van der Waals surface area contributed by atoms with Gasteiger partial charge in [0, 0.05) is 61.9 Å². The number of anilines is 1. The summed E-state index contributed by atoms with van der Waals surface area (Å²) in [7, 11) is -1.05. The summed E-state index contributed by atoms with van der Waals surface area (Å²) in [4.78, 5) is 39.2. The van der Waals surface area contributed by atoms with Crippen LogP contribution >= 0.6 is 0 Å². The first kappa shape index (κ1) is 33.2. The van der Waals surface area contributed by atoms with Crippen LogP contribution in [0.5, 0.6) is 5.75 Å². The van der Waals surface area contributed by atoms with Gasteiger partial charge in [0.15, 0.2) is 0 Å². The molecule has 254 valence electrons. The van der Waals surface area contributed by atoms with Gasteiger partial charge in [-0.3, -0.25) is 14.5 Å². The molecular formula is C34H46N6O6S. The Kier molecular flexibility index (Phi) is 10.3. The van der Waals surface area contributed by atoms with E-state index in [1.54, 1.807) is 6.20 Å². The number of likely N-dealkylation sites (N-methyl/N-ethyl adjacent to an activating group) is 1. The lowest BCUT2D eigenvalue weighted by Crippen LogP contribution is -2.46. The molecule has 6 rings (SSSR count). The number of hydrogen-bond acceptors (Lipinski definition) is 10. The highest BCUT2D eigenvalue weighted by molar-refractivity contribution is 7.90. The van der Waals surface area contributed by atoms with Crippen LogP contribution in [0.1, 0.15) is 57.8 Å². The number of aromatic nitrogens is 3. The second-order valence-electron chi connectivity index (χ2n) is 13.2. The van der Waals surface area contributed by atoms with E-state index in [1.165, 1.54) is 6.26 Å². The largest absolute Gasteiger partial charge is 0.493 e. The van der Waals surface area contributed by atoms with Crippen LogP contribution in [0, 0.1) is 5.92 Å². The van der Waals surface area contributed by atoms with Crippen LogP contribution in [-0.4, -0.2) is 108 Å². The Labute approximate surface area is 276 Å². The van der Waals surface area contributed by atoms with Crippen LogP contribution < -0.4 is 10.1 Å². The molecule has 2 saturated heterocycles. The van der Waals surface area contributed by atoms with Crippen molar-refractivity contribution in [2.75, 3.05) is 50.6 Å². The number of fused-ring (bicyclic) bond motifs is 1. The Morgan fingerprint density at radius 3 is 2.51 bits per heavy atom. The smallest absolute Gasteiger partial charge is 0.323 e. The van der Waals surface area contributed by atoms with Gasteiger partial charge in [0.05, 0.1) is 17.9 Å². The summed E-state index contributed by atoms with van der Waals surface area (Å²) in [5.74, 6) is 2.19. The van der Waals surface area contributed by atoms with Gasteiger partial charge in [0.25, 0.3) is 0 Å². The molecule has 13 heteroatoms. The highest BCUT2D eigenvalue weighted by atomic mass is 32.2. The van der Waals surface area contributed by atoms with E-state index in [0.29, 0.717) is 50.7 Å². The molecule has 0 unspecified atom stereocenters. The second-order valence-corrected chi connectivity index (χ2v) is 15.5. The number of likely N-dealkylation sites (tertiary alicyclic amines) is 2. The van der Waals surface area contributed by atoms with E-state index < -0.39 is 9.84 Å². The average Bonchev–Trinajstić information content (AvgIpc) is 3.70. The van der Waals surface area contributed by atoms with Crippen LogP contribution in [0.3, 0.4) is 0 Å². The van der Waals surface area contributed by atoms with Gasteiger partial charge >= 0.3 is 5.97 Å². The maximum atomic E-state index is 13.4. The van der Waals surface area contributed by atoms with Crippen molar-refractivity contribution in [2.24, 2.45) is 5.92 Å². The molecule has 3 fully saturated rings. The summed E-state index contributed by atoms with van der Waals surface area (Å²) in [6, 6.07) is 9.68. The number of benzene rings is 1. The van der Waals surface area contributed by atoms with Gasteiger partial charge in [-0.05, 0) is 82.8 Å². The molecule has 3 aromatic rings. The molecule has 1 N–H and O–H groups in total. The molecule has 2 aromatic heterocycles. The molecule has 2 aliphatic heterocycles. The predicted molar refractivity (Wildman–Crippen MR) is 179 cm³/mol. The third-order valence-corrected chi connectivity index (χ3v) is 10.8. The van der Waals surface area contributed by atoms with Gasteiger partial charge in [-0.1, -0.05) is 6.07 Å². The quantitative estimate of drug-likeness (QED) is 0.238. The number of nitrogens with zero attached hydrogens (tertiary/aromatic N) is 5. The zero-order valence-electron chi connectivity index (χ0n) is 27.3.